The number of ether oxygens (including phenoxy) is 11. The molecule has 82 heavy (non-hydrogen) atoms. The molecule has 8 fully saturated rings. The SMILES string of the molecule is CO[C@@H]1[C@@H](O)[C@H](O[C@@H]2[C@@H](O)[C@H](O[C@@H]3CO[C@@H](O[C@H]4[C@H](O[C@H]5CC[C@]6(C)[C@H]7CC[C@]89C(=O)O[C@@](C)(/C=C\C=C(C)C)[C@H]8[C@@H](OC(C)=O)C[C@@]9(C)C7=C(O)C[C@H]6C5(C)C)OC[C@@H](OS(=O)(=O)[O-])[C@@H]4O)[C@H](O)[C@H]3O)OC[C@H]2O)O[C@H](CO)[C@H]1O.[Na+]. The predicted octanol–water partition coefficient (Wildman–Crippen LogP) is -3.45. The van der Waals surface area contributed by atoms with E-state index < -0.39 is 199 Å². The standard InChI is InChI=1S/C54H82O26S.Na/c1-23(2)11-10-14-53(8)44-28(73-24(3)56)18-52(7)34-25(12-16-54(44,52)49(65)79-53)51(6)15-13-33(50(4,5)32(51)17-26(34)57)76-48-43(37(61)31(22-72-48)80-81(66,67)68)78-45-38(62)35(59)30(21-71-45)75-46-39(63)41(27(58)20-70-46)77-47-40(64)42(69-9)36(60)29(19-55)74-47;/h10-11,14,25,27-33,35-48,55,57-64H,12-13,15-22H2,1-9H3,(H,66,67,68);/q;+1/p-1/b14-10-;/t25-,27+,28-,29+,30+,31+,32-,33-,35-,36+,37-,38+,39+,40+,41-,42-,43+,44+,45-,46-,47-,48-,51+,52-,53-,54+;/m0./s1. The van der Waals surface area contributed by atoms with Gasteiger partial charge >= 0.3 is 41.5 Å². The molecule has 5 aliphatic heterocycles. The van der Waals surface area contributed by atoms with Crippen LogP contribution in [0.3, 0.4) is 0 Å². The number of esters is 2. The minimum Gasteiger partial charge on any atom is -0.726 e. The molecule has 0 aromatic heterocycles. The molecule has 0 aromatic carbocycles. The Morgan fingerprint density at radius 1 is 0.756 bits per heavy atom. The summed E-state index contributed by atoms with van der Waals surface area (Å²) in [4.78, 5) is 27.4. The monoisotopic (exact) mass is 1200 g/mol. The van der Waals surface area contributed by atoms with Crippen molar-refractivity contribution in [2.24, 2.45) is 39.4 Å². The molecule has 0 radical (unpaired) electrons. The number of hydrogen-bond donors (Lipinski definition) is 9. The van der Waals surface area contributed by atoms with Crippen molar-refractivity contribution in [3.8, 4) is 0 Å². The van der Waals surface area contributed by atoms with Crippen LogP contribution in [0.2, 0.25) is 0 Å². The quantitative estimate of drug-likeness (QED) is 0.0253. The van der Waals surface area contributed by atoms with Crippen LogP contribution < -0.4 is 29.6 Å². The largest absolute Gasteiger partial charge is 1.00 e. The fraction of sp³-hybridized carbons (Fsp3) is 0.852. The zero-order valence-electron chi connectivity index (χ0n) is 47.9. The number of aliphatic hydroxyl groups excluding tert-OH is 9. The summed E-state index contributed by atoms with van der Waals surface area (Å²) in [5.41, 5.74) is -2.73. The van der Waals surface area contributed by atoms with Crippen molar-refractivity contribution >= 4 is 22.3 Å². The van der Waals surface area contributed by atoms with Gasteiger partial charge in [0.25, 0.3) is 0 Å². The Labute approximate surface area is 498 Å². The van der Waals surface area contributed by atoms with Gasteiger partial charge in [-0.15, -0.1) is 0 Å². The second-order valence-corrected chi connectivity index (χ2v) is 26.0. The average Bonchev–Trinajstić information content (AvgIpc) is 1.45. The maximum atomic E-state index is 14.6. The third kappa shape index (κ3) is 11.6. The summed E-state index contributed by atoms with van der Waals surface area (Å²) in [6, 6.07) is 0. The van der Waals surface area contributed by atoms with Crippen molar-refractivity contribution < 1.29 is 154 Å². The molecule has 4 aliphatic carbocycles. The fourth-order valence-corrected chi connectivity index (χ4v) is 16.2. The van der Waals surface area contributed by atoms with Gasteiger partial charge in [0.2, 0.25) is 10.4 Å². The van der Waals surface area contributed by atoms with Gasteiger partial charge in [0.1, 0.15) is 91.1 Å². The summed E-state index contributed by atoms with van der Waals surface area (Å²) < 4.78 is 105. The first-order chi connectivity index (χ1) is 37.9. The molecule has 460 valence electrons. The Hall–Kier alpha value is -1.85. The summed E-state index contributed by atoms with van der Waals surface area (Å²) >= 11 is 0. The number of cyclic esters (lactones) is 1. The van der Waals surface area contributed by atoms with E-state index >= 15 is 0 Å². The van der Waals surface area contributed by atoms with Gasteiger partial charge in [-0.3, -0.25) is 13.8 Å². The van der Waals surface area contributed by atoms with Crippen LogP contribution in [0.25, 0.3) is 0 Å². The summed E-state index contributed by atoms with van der Waals surface area (Å²) in [5, 5.41) is 100. The number of methoxy groups -OCH3 is 1. The minimum atomic E-state index is -5.43. The van der Waals surface area contributed by atoms with E-state index in [0.29, 0.717) is 25.7 Å². The number of carbonyl (C=O) groups excluding carboxylic acids is 2. The van der Waals surface area contributed by atoms with Crippen molar-refractivity contribution in [2.45, 2.75) is 216 Å². The molecule has 26 atom stereocenters. The van der Waals surface area contributed by atoms with Crippen LogP contribution >= 0.6 is 0 Å². The van der Waals surface area contributed by atoms with Crippen molar-refractivity contribution in [1.82, 2.24) is 0 Å². The fourth-order valence-electron chi connectivity index (χ4n) is 15.7. The maximum Gasteiger partial charge on any atom is 1.00 e. The summed E-state index contributed by atoms with van der Waals surface area (Å²) in [5.74, 6) is -1.84. The van der Waals surface area contributed by atoms with Gasteiger partial charge in [0.15, 0.2) is 25.2 Å². The van der Waals surface area contributed by atoms with Gasteiger partial charge < -0.3 is 103 Å². The zero-order chi connectivity index (χ0) is 59.3. The van der Waals surface area contributed by atoms with E-state index in [9.17, 15) is 68.5 Å². The van der Waals surface area contributed by atoms with Crippen LogP contribution in [-0.2, 0) is 76.3 Å². The molecule has 0 unspecified atom stereocenters. The van der Waals surface area contributed by atoms with Gasteiger partial charge in [-0.25, -0.2) is 8.42 Å². The van der Waals surface area contributed by atoms with E-state index in [1.54, 1.807) is 0 Å². The third-order valence-corrected chi connectivity index (χ3v) is 20.0. The van der Waals surface area contributed by atoms with Crippen LogP contribution in [-0.4, -0.2) is 227 Å². The van der Waals surface area contributed by atoms with Crippen LogP contribution in [0, 0.1) is 39.4 Å². The van der Waals surface area contributed by atoms with Gasteiger partial charge in [-0.1, -0.05) is 45.4 Å². The first kappa shape index (κ1) is 66.1. The molecule has 0 bridgehead atoms. The Bertz CT molecular complexity index is 2530. The molecule has 5 heterocycles. The number of rotatable bonds is 15. The second-order valence-electron chi connectivity index (χ2n) is 25.0. The Kier molecular flexibility index (Phi) is 19.8. The van der Waals surface area contributed by atoms with E-state index in [4.69, 9.17) is 52.1 Å². The first-order valence-corrected chi connectivity index (χ1v) is 29.0. The number of aliphatic hydroxyl groups is 9. The predicted molar refractivity (Wildman–Crippen MR) is 271 cm³/mol. The van der Waals surface area contributed by atoms with Gasteiger partial charge in [-0.2, -0.15) is 0 Å². The van der Waals surface area contributed by atoms with E-state index in [2.05, 4.69) is 11.1 Å². The molecular formula is C54H81NaO26S. The topological polar surface area (TPSA) is 384 Å². The zero-order valence-corrected chi connectivity index (χ0v) is 50.7. The number of allylic oxidation sites excluding steroid dienone is 5. The molecule has 0 amide bonds. The molecule has 28 heteroatoms. The maximum absolute atomic E-state index is 14.6. The summed E-state index contributed by atoms with van der Waals surface area (Å²) in [6.45, 7) is 12.7. The molecule has 1 spiro atoms. The van der Waals surface area contributed by atoms with Crippen LogP contribution in [0.5, 0.6) is 0 Å². The van der Waals surface area contributed by atoms with Crippen LogP contribution in [0.4, 0.5) is 0 Å². The molecule has 5 saturated heterocycles. The molecule has 9 aliphatic rings. The number of fused-ring (bicyclic) bond motifs is 4. The van der Waals surface area contributed by atoms with Gasteiger partial charge in [0, 0.05) is 25.9 Å². The average molecular weight is 1200 g/mol. The van der Waals surface area contributed by atoms with Gasteiger partial charge in [0.05, 0.1) is 49.6 Å². The second kappa shape index (κ2) is 24.6. The van der Waals surface area contributed by atoms with Crippen LogP contribution in [0.1, 0.15) is 93.9 Å². The van der Waals surface area contributed by atoms with Crippen molar-refractivity contribution in [3.05, 3.63) is 35.1 Å². The molecule has 9 N–H and O–H groups in total. The van der Waals surface area contributed by atoms with Crippen molar-refractivity contribution in [2.75, 3.05) is 33.5 Å². The summed E-state index contributed by atoms with van der Waals surface area (Å²) in [6.07, 6.45) is -21.8. The third-order valence-electron chi connectivity index (χ3n) is 19.5. The molecule has 0 aromatic rings. The van der Waals surface area contributed by atoms with Crippen LogP contribution in [0.15, 0.2) is 35.1 Å². The van der Waals surface area contributed by atoms with Crippen molar-refractivity contribution in [1.29, 1.82) is 0 Å². The van der Waals surface area contributed by atoms with E-state index in [1.807, 2.05) is 59.8 Å². The van der Waals surface area contributed by atoms with E-state index in [1.165, 1.54) is 14.0 Å². The van der Waals surface area contributed by atoms with Crippen molar-refractivity contribution in [3.63, 3.8) is 0 Å². The minimum absolute atomic E-state index is 0. The normalized spacial score (nSPS) is 48.2. The Morgan fingerprint density at radius 2 is 1.39 bits per heavy atom. The first-order valence-electron chi connectivity index (χ1n) is 27.7. The smallest absolute Gasteiger partial charge is 0.726 e. The molecule has 3 saturated carbocycles. The van der Waals surface area contributed by atoms with E-state index in [-0.39, 0.29) is 60.0 Å². The number of carbonyl (C=O) groups is 2. The molecule has 26 nitrogen and oxygen atoms in total. The Morgan fingerprint density at radius 3 is 2.04 bits per heavy atom. The Balaban J connectivity index is 0.00000880. The number of hydrogen-bond acceptors (Lipinski definition) is 26. The van der Waals surface area contributed by atoms with E-state index in [0.717, 1.165) is 11.1 Å². The molecular weight excluding hydrogens is 1120 g/mol. The summed E-state index contributed by atoms with van der Waals surface area (Å²) in [7, 11) is -4.23. The van der Waals surface area contributed by atoms with Gasteiger partial charge in [-0.05, 0) is 87.2 Å². The molecule has 9 rings (SSSR count).